The van der Waals surface area contributed by atoms with Gasteiger partial charge in [-0.1, -0.05) is 176 Å². The van der Waals surface area contributed by atoms with Gasteiger partial charge in [0.25, 0.3) is 0 Å². The number of allylic oxidation sites excluding steroid dienone is 2. The third-order valence-electron chi connectivity index (χ3n) is 11.8. The Balaban J connectivity index is 1.07. The van der Waals surface area contributed by atoms with Crippen LogP contribution in [0.1, 0.15) is 34.7 Å². The van der Waals surface area contributed by atoms with Crippen molar-refractivity contribution in [3.8, 4) is 56.2 Å². The van der Waals surface area contributed by atoms with Gasteiger partial charge in [-0.2, -0.15) is 0 Å². The van der Waals surface area contributed by atoms with E-state index in [2.05, 4.69) is 164 Å². The predicted molar refractivity (Wildman–Crippen MR) is 233 cm³/mol. The summed E-state index contributed by atoms with van der Waals surface area (Å²) in [6.45, 7) is 6.41. The first kappa shape index (κ1) is 33.0. The first-order chi connectivity index (χ1) is 28.1. The molecule has 3 nitrogen and oxygen atoms in total. The average Bonchev–Trinajstić information content (AvgIpc) is 3.88. The SMILES string of the molecule is C=c1/c(=C(\C=C/C)c2ccc(-c3nc(-c4ccccc4)cc(-c4ccc5c(c4)-c4ccccc4C54c5ccccc5-c5ccccc54)n3)cc2)oc2ccccc12. The maximum Gasteiger partial charge on any atom is 0.160 e. The van der Waals surface area contributed by atoms with Gasteiger partial charge in [0, 0.05) is 32.9 Å². The van der Waals surface area contributed by atoms with Gasteiger partial charge in [0.1, 0.15) is 11.0 Å². The summed E-state index contributed by atoms with van der Waals surface area (Å²) in [6.07, 6.45) is 4.13. The second kappa shape index (κ2) is 12.9. The summed E-state index contributed by atoms with van der Waals surface area (Å²) in [5.41, 5.74) is 18.4. The van der Waals surface area contributed by atoms with E-state index in [1.807, 2.05) is 37.3 Å². The van der Waals surface area contributed by atoms with Crippen LogP contribution in [0, 0.1) is 0 Å². The number of aromatic nitrogens is 2. The van der Waals surface area contributed by atoms with E-state index in [0.29, 0.717) is 5.82 Å². The van der Waals surface area contributed by atoms with Gasteiger partial charge in [-0.05, 0) is 75.2 Å². The van der Waals surface area contributed by atoms with E-state index in [-0.39, 0.29) is 5.41 Å². The molecule has 0 radical (unpaired) electrons. The summed E-state index contributed by atoms with van der Waals surface area (Å²) in [5.74, 6) is 0.670. The lowest BCUT2D eigenvalue weighted by atomic mass is 9.70. The molecule has 0 saturated carbocycles. The summed E-state index contributed by atoms with van der Waals surface area (Å²) in [7, 11) is 0. The van der Waals surface area contributed by atoms with E-state index in [1.54, 1.807) is 0 Å². The Labute approximate surface area is 331 Å². The fourth-order valence-electron chi connectivity index (χ4n) is 9.32. The van der Waals surface area contributed by atoms with Crippen molar-refractivity contribution in [3.63, 3.8) is 0 Å². The van der Waals surface area contributed by atoms with Gasteiger partial charge in [0.2, 0.25) is 0 Å². The molecular weight excluding hydrogens is 693 g/mol. The van der Waals surface area contributed by atoms with E-state index in [1.165, 1.54) is 44.5 Å². The van der Waals surface area contributed by atoms with E-state index in [9.17, 15) is 0 Å². The molecule has 9 aromatic rings. The van der Waals surface area contributed by atoms with Gasteiger partial charge in [-0.25, -0.2) is 9.97 Å². The van der Waals surface area contributed by atoms with Crippen molar-refractivity contribution in [1.29, 1.82) is 0 Å². The summed E-state index contributed by atoms with van der Waals surface area (Å²) in [6, 6.07) is 62.7. The molecule has 0 fully saturated rings. The molecule has 0 N–H and O–H groups in total. The molecule has 0 unspecified atom stereocenters. The van der Waals surface area contributed by atoms with Crippen molar-refractivity contribution in [1.82, 2.24) is 9.97 Å². The highest BCUT2D eigenvalue weighted by Crippen LogP contribution is 2.62. The van der Waals surface area contributed by atoms with Gasteiger partial charge in [-0.3, -0.25) is 0 Å². The van der Waals surface area contributed by atoms with Crippen LogP contribution < -0.4 is 10.6 Å². The summed E-state index contributed by atoms with van der Waals surface area (Å²) in [5, 5.41) is 1.91. The highest BCUT2D eigenvalue weighted by molar-refractivity contribution is 5.96. The molecule has 7 aromatic carbocycles. The van der Waals surface area contributed by atoms with Crippen molar-refractivity contribution < 1.29 is 4.42 Å². The zero-order valence-electron chi connectivity index (χ0n) is 31.4. The van der Waals surface area contributed by atoms with Crippen LogP contribution in [0.5, 0.6) is 0 Å². The van der Waals surface area contributed by atoms with E-state index in [0.717, 1.165) is 60.8 Å². The topological polar surface area (TPSA) is 38.9 Å². The zero-order chi connectivity index (χ0) is 38.1. The smallest absolute Gasteiger partial charge is 0.160 e. The number of hydrogen-bond acceptors (Lipinski definition) is 3. The number of furan rings is 1. The fraction of sp³-hybridized carbons (Fsp3) is 0.0370. The van der Waals surface area contributed by atoms with Crippen LogP contribution >= 0.6 is 0 Å². The number of hydrogen-bond donors (Lipinski definition) is 0. The first-order valence-corrected chi connectivity index (χ1v) is 19.5. The predicted octanol–water partition coefficient (Wildman–Crippen LogP) is 11.8. The molecule has 1 spiro atoms. The lowest BCUT2D eigenvalue weighted by Gasteiger charge is -2.30. The van der Waals surface area contributed by atoms with Crippen molar-refractivity contribution >= 4 is 23.1 Å². The number of benzene rings is 7. The van der Waals surface area contributed by atoms with Crippen LogP contribution in [0.4, 0.5) is 0 Å². The number of para-hydroxylation sites is 1. The summed E-state index contributed by atoms with van der Waals surface area (Å²) >= 11 is 0. The Bertz CT molecular complexity index is 3160. The standard InChI is InChI=1S/C54H36N2O/c1-3-15-40(52-34(2)39-18-10-14-25-51(39)57-52)35-26-28-37(29-27-35)53-55-49(36-16-5-4-6-17-36)33-50(56-53)38-30-31-48-44(32-38)43-21-9-13-24-47(43)54(48)45-22-11-7-19-41(45)42-20-8-12-23-46(42)54/h3-33H,2H2,1H3/b15-3-,52-40-. The molecule has 0 bridgehead atoms. The highest BCUT2D eigenvalue weighted by atomic mass is 16.3. The Kier molecular flexibility index (Phi) is 7.45. The van der Waals surface area contributed by atoms with Gasteiger partial charge in [0.05, 0.1) is 16.8 Å². The molecule has 2 aromatic heterocycles. The van der Waals surface area contributed by atoms with Crippen molar-refractivity contribution in [3.05, 3.63) is 227 Å². The normalized spacial score (nSPS) is 13.8. The molecule has 0 saturated heterocycles. The zero-order valence-corrected chi connectivity index (χ0v) is 31.4. The maximum atomic E-state index is 6.36. The number of fused-ring (bicyclic) bond motifs is 11. The van der Waals surface area contributed by atoms with Gasteiger partial charge >= 0.3 is 0 Å². The Morgan fingerprint density at radius 3 is 1.72 bits per heavy atom. The average molecular weight is 729 g/mol. The van der Waals surface area contributed by atoms with Crippen LogP contribution in [0.3, 0.4) is 0 Å². The molecule has 2 aliphatic rings. The Morgan fingerprint density at radius 1 is 0.526 bits per heavy atom. The maximum absolute atomic E-state index is 6.36. The Morgan fingerprint density at radius 2 is 1.07 bits per heavy atom. The summed E-state index contributed by atoms with van der Waals surface area (Å²) < 4.78 is 6.36. The third kappa shape index (κ3) is 4.92. The van der Waals surface area contributed by atoms with Crippen LogP contribution in [-0.4, -0.2) is 9.97 Å². The molecule has 11 rings (SSSR count). The molecule has 2 heterocycles. The van der Waals surface area contributed by atoms with Crippen LogP contribution in [-0.2, 0) is 5.41 Å². The van der Waals surface area contributed by atoms with Gasteiger partial charge in [0.15, 0.2) is 5.82 Å². The van der Waals surface area contributed by atoms with Gasteiger partial charge in [-0.15, -0.1) is 0 Å². The third-order valence-corrected chi connectivity index (χ3v) is 11.8. The van der Waals surface area contributed by atoms with Crippen LogP contribution in [0.25, 0.3) is 79.3 Å². The molecule has 57 heavy (non-hydrogen) atoms. The number of rotatable bonds is 5. The minimum Gasteiger partial charge on any atom is -0.455 e. The molecule has 0 atom stereocenters. The monoisotopic (exact) mass is 728 g/mol. The first-order valence-electron chi connectivity index (χ1n) is 19.5. The van der Waals surface area contributed by atoms with Crippen molar-refractivity contribution in [2.45, 2.75) is 12.3 Å². The second-order valence-electron chi connectivity index (χ2n) is 14.9. The minimum absolute atomic E-state index is 0.384. The molecule has 2 aliphatic carbocycles. The molecule has 0 amide bonds. The van der Waals surface area contributed by atoms with E-state index < -0.39 is 0 Å². The van der Waals surface area contributed by atoms with Crippen LogP contribution in [0.2, 0.25) is 0 Å². The fourth-order valence-corrected chi connectivity index (χ4v) is 9.32. The molecule has 3 heteroatoms. The highest BCUT2D eigenvalue weighted by Gasteiger charge is 2.51. The minimum atomic E-state index is -0.384. The molecular formula is C54H36N2O. The number of nitrogens with zero attached hydrogens (tertiary/aromatic N) is 2. The van der Waals surface area contributed by atoms with E-state index in [4.69, 9.17) is 14.4 Å². The molecule has 268 valence electrons. The van der Waals surface area contributed by atoms with Crippen LogP contribution in [0.15, 0.2) is 192 Å². The van der Waals surface area contributed by atoms with Crippen molar-refractivity contribution in [2.24, 2.45) is 0 Å². The quantitative estimate of drug-likeness (QED) is 0.177. The Hall–Kier alpha value is -7.36. The lowest BCUT2D eigenvalue weighted by molar-refractivity contribution is 0.573. The van der Waals surface area contributed by atoms with Crippen molar-refractivity contribution in [2.75, 3.05) is 0 Å². The largest absolute Gasteiger partial charge is 0.455 e. The van der Waals surface area contributed by atoms with E-state index >= 15 is 0 Å². The second-order valence-corrected chi connectivity index (χ2v) is 14.9. The molecule has 0 aliphatic heterocycles. The van der Waals surface area contributed by atoms with Gasteiger partial charge < -0.3 is 4.42 Å². The lowest BCUT2D eigenvalue weighted by Crippen LogP contribution is -2.25. The summed E-state index contributed by atoms with van der Waals surface area (Å²) in [4.78, 5) is 10.5.